The van der Waals surface area contributed by atoms with Gasteiger partial charge in [-0.1, -0.05) is 13.8 Å². The molecule has 1 rings (SSSR count). The van der Waals surface area contributed by atoms with E-state index in [0.29, 0.717) is 0 Å². The number of pyridine rings is 1. The average molecular weight is 264 g/mol. The van der Waals surface area contributed by atoms with Gasteiger partial charge in [-0.2, -0.15) is 0 Å². The van der Waals surface area contributed by atoms with Crippen LogP contribution in [-0.4, -0.2) is 50.2 Å². The van der Waals surface area contributed by atoms with Crippen LogP contribution in [0.1, 0.15) is 25.8 Å². The van der Waals surface area contributed by atoms with Gasteiger partial charge in [0.15, 0.2) is 0 Å². The molecule has 0 saturated carbocycles. The van der Waals surface area contributed by atoms with Crippen LogP contribution in [0.25, 0.3) is 0 Å². The minimum Gasteiger partial charge on any atom is -0.369 e. The zero-order valence-corrected chi connectivity index (χ0v) is 12.8. The normalized spacial score (nSPS) is 11.0. The fourth-order valence-corrected chi connectivity index (χ4v) is 2.05. The van der Waals surface area contributed by atoms with Gasteiger partial charge in [0.2, 0.25) is 0 Å². The molecule has 1 aromatic heterocycles. The van der Waals surface area contributed by atoms with Crippen LogP contribution in [0.3, 0.4) is 0 Å². The van der Waals surface area contributed by atoms with Crippen LogP contribution in [0.4, 0.5) is 5.69 Å². The predicted octanol–water partition coefficient (Wildman–Crippen LogP) is 1.97. The maximum Gasteiger partial charge on any atom is 0.0598 e. The van der Waals surface area contributed by atoms with Crippen molar-refractivity contribution in [3.8, 4) is 0 Å². The van der Waals surface area contributed by atoms with Gasteiger partial charge in [-0.15, -0.1) is 0 Å². The molecule has 4 heteroatoms. The second-order valence-electron chi connectivity index (χ2n) is 5.08. The lowest BCUT2D eigenvalue weighted by molar-refractivity contribution is 0.412. The van der Waals surface area contributed by atoms with E-state index in [9.17, 15) is 0 Å². The summed E-state index contributed by atoms with van der Waals surface area (Å²) in [7, 11) is 4.24. The van der Waals surface area contributed by atoms with Crippen molar-refractivity contribution in [2.24, 2.45) is 0 Å². The third-order valence-corrected chi connectivity index (χ3v) is 3.10. The molecule has 0 bridgehead atoms. The van der Waals surface area contributed by atoms with E-state index in [2.05, 4.69) is 54.1 Å². The zero-order chi connectivity index (χ0) is 14.1. The highest BCUT2D eigenvalue weighted by Gasteiger charge is 2.10. The molecule has 0 radical (unpaired) electrons. The van der Waals surface area contributed by atoms with Gasteiger partial charge in [0.1, 0.15) is 0 Å². The van der Waals surface area contributed by atoms with Crippen LogP contribution in [0.15, 0.2) is 18.5 Å². The molecule has 4 nitrogen and oxygen atoms in total. The van der Waals surface area contributed by atoms with E-state index >= 15 is 0 Å². The molecular weight excluding hydrogens is 236 g/mol. The first-order chi connectivity index (χ1) is 9.19. The molecule has 19 heavy (non-hydrogen) atoms. The van der Waals surface area contributed by atoms with Crippen molar-refractivity contribution in [3.63, 3.8) is 0 Å². The number of aromatic nitrogens is 1. The summed E-state index contributed by atoms with van der Waals surface area (Å²) in [6.07, 6.45) is 5.03. The van der Waals surface area contributed by atoms with Crippen molar-refractivity contribution in [1.82, 2.24) is 15.2 Å². The summed E-state index contributed by atoms with van der Waals surface area (Å²) in [6, 6.07) is 2.12. The van der Waals surface area contributed by atoms with Gasteiger partial charge in [-0.3, -0.25) is 4.98 Å². The molecule has 1 N–H and O–H groups in total. The molecule has 0 aromatic carbocycles. The molecule has 0 spiro atoms. The zero-order valence-electron chi connectivity index (χ0n) is 12.8. The quantitative estimate of drug-likeness (QED) is 0.739. The molecule has 0 saturated heterocycles. The van der Waals surface area contributed by atoms with Crippen LogP contribution in [0, 0.1) is 0 Å². The summed E-state index contributed by atoms with van der Waals surface area (Å²) in [6.45, 7) is 9.46. The Labute approximate surface area is 117 Å². The van der Waals surface area contributed by atoms with E-state index in [1.165, 1.54) is 11.3 Å². The fraction of sp³-hybridized carbons (Fsp3) is 0.667. The summed E-state index contributed by atoms with van der Waals surface area (Å²) in [5.41, 5.74) is 2.61. The average Bonchev–Trinajstić information content (AvgIpc) is 2.41. The topological polar surface area (TPSA) is 31.4 Å². The number of nitrogens with zero attached hydrogens (tertiary/aromatic N) is 3. The third-order valence-electron chi connectivity index (χ3n) is 3.10. The van der Waals surface area contributed by atoms with Crippen molar-refractivity contribution < 1.29 is 0 Å². The lowest BCUT2D eigenvalue weighted by atomic mass is 10.2. The Kier molecular flexibility index (Phi) is 7.45. The van der Waals surface area contributed by atoms with Gasteiger partial charge in [0.05, 0.1) is 11.9 Å². The van der Waals surface area contributed by atoms with Crippen molar-refractivity contribution in [2.45, 2.75) is 26.8 Å². The van der Waals surface area contributed by atoms with Crippen molar-refractivity contribution in [2.75, 3.05) is 45.2 Å². The first-order valence-electron chi connectivity index (χ1n) is 7.22. The summed E-state index contributed by atoms with van der Waals surface area (Å²) in [5, 5.41) is 3.40. The van der Waals surface area contributed by atoms with Gasteiger partial charge in [0, 0.05) is 32.4 Å². The molecule has 0 fully saturated rings. The van der Waals surface area contributed by atoms with Crippen molar-refractivity contribution >= 4 is 5.69 Å². The lowest BCUT2D eigenvalue weighted by Gasteiger charge is -2.27. The third kappa shape index (κ3) is 5.57. The Hall–Kier alpha value is -1.13. The summed E-state index contributed by atoms with van der Waals surface area (Å²) >= 11 is 0. The Morgan fingerprint density at radius 2 is 1.95 bits per heavy atom. The number of nitrogens with one attached hydrogen (secondary N) is 1. The molecule has 108 valence electrons. The van der Waals surface area contributed by atoms with E-state index in [1.54, 1.807) is 0 Å². The molecule has 1 heterocycles. The Morgan fingerprint density at radius 3 is 2.58 bits per heavy atom. The smallest absolute Gasteiger partial charge is 0.0598 e. The Bertz CT molecular complexity index is 352. The number of hydrogen-bond donors (Lipinski definition) is 1. The SMILES string of the molecule is CCCN(CCN(C)C)c1cnccc1CNCC. The molecule has 0 aliphatic carbocycles. The maximum absolute atomic E-state index is 4.30. The second kappa shape index (κ2) is 8.88. The van der Waals surface area contributed by atoms with Crippen LogP contribution in [0.5, 0.6) is 0 Å². The number of rotatable bonds is 9. The molecule has 0 aliphatic heterocycles. The highest BCUT2D eigenvalue weighted by molar-refractivity contribution is 5.51. The molecule has 0 aliphatic rings. The van der Waals surface area contributed by atoms with Gasteiger partial charge in [0.25, 0.3) is 0 Å². The van der Waals surface area contributed by atoms with Gasteiger partial charge < -0.3 is 15.1 Å². The van der Waals surface area contributed by atoms with Gasteiger partial charge >= 0.3 is 0 Å². The molecule has 0 unspecified atom stereocenters. The minimum atomic E-state index is 0.913. The molecule has 0 amide bonds. The first-order valence-corrected chi connectivity index (χ1v) is 7.22. The van der Waals surface area contributed by atoms with Gasteiger partial charge in [-0.25, -0.2) is 0 Å². The second-order valence-corrected chi connectivity index (χ2v) is 5.08. The number of anilines is 1. The van der Waals surface area contributed by atoms with Crippen LogP contribution < -0.4 is 10.2 Å². The van der Waals surface area contributed by atoms with E-state index in [1.807, 2.05) is 12.4 Å². The van der Waals surface area contributed by atoms with E-state index in [4.69, 9.17) is 0 Å². The molecule has 1 aromatic rings. The van der Waals surface area contributed by atoms with E-state index < -0.39 is 0 Å². The Morgan fingerprint density at radius 1 is 1.16 bits per heavy atom. The van der Waals surface area contributed by atoms with Crippen molar-refractivity contribution in [3.05, 3.63) is 24.0 Å². The molecule has 0 atom stereocenters. The first kappa shape index (κ1) is 15.9. The highest BCUT2D eigenvalue weighted by Crippen LogP contribution is 2.19. The van der Waals surface area contributed by atoms with E-state index in [-0.39, 0.29) is 0 Å². The van der Waals surface area contributed by atoms with Crippen LogP contribution in [0.2, 0.25) is 0 Å². The largest absolute Gasteiger partial charge is 0.369 e. The van der Waals surface area contributed by atoms with E-state index in [0.717, 1.165) is 39.1 Å². The lowest BCUT2D eigenvalue weighted by Crippen LogP contribution is -2.33. The van der Waals surface area contributed by atoms with Crippen LogP contribution >= 0.6 is 0 Å². The maximum atomic E-state index is 4.30. The summed E-state index contributed by atoms with van der Waals surface area (Å²) < 4.78 is 0. The van der Waals surface area contributed by atoms with Crippen LogP contribution in [-0.2, 0) is 6.54 Å². The summed E-state index contributed by atoms with van der Waals surface area (Å²) in [4.78, 5) is 8.97. The predicted molar refractivity (Wildman–Crippen MR) is 82.7 cm³/mol. The summed E-state index contributed by atoms with van der Waals surface area (Å²) in [5.74, 6) is 0. The molecular formula is C15H28N4. The fourth-order valence-electron chi connectivity index (χ4n) is 2.05. The Balaban J connectivity index is 2.81. The minimum absolute atomic E-state index is 0.913. The standard InChI is InChI=1S/C15H28N4/c1-5-9-19(11-10-18(3)4)15-13-17-8-7-14(15)12-16-6-2/h7-8,13,16H,5-6,9-12H2,1-4H3. The monoisotopic (exact) mass is 264 g/mol. The van der Waals surface area contributed by atoms with Crippen molar-refractivity contribution in [1.29, 1.82) is 0 Å². The van der Waals surface area contributed by atoms with Gasteiger partial charge in [-0.05, 0) is 38.7 Å². The highest BCUT2D eigenvalue weighted by atomic mass is 15.2. The number of likely N-dealkylation sites (N-methyl/N-ethyl adjacent to an activating group) is 1. The number of hydrogen-bond acceptors (Lipinski definition) is 4.